The highest BCUT2D eigenvalue weighted by Gasteiger charge is 2.33. The zero-order chi connectivity index (χ0) is 18.0. The molecule has 5 nitrogen and oxygen atoms in total. The predicted molar refractivity (Wildman–Crippen MR) is 90.4 cm³/mol. The van der Waals surface area contributed by atoms with Gasteiger partial charge in [-0.25, -0.2) is 13.6 Å². The first kappa shape index (κ1) is 16.9. The molecule has 0 bridgehead atoms. The fourth-order valence-corrected chi connectivity index (χ4v) is 2.69. The number of benzene rings is 2. The maximum absolute atomic E-state index is 13.5. The Morgan fingerprint density at radius 3 is 2.56 bits per heavy atom. The molecule has 2 N–H and O–H groups in total. The lowest BCUT2D eigenvalue weighted by atomic mass is 10.2. The van der Waals surface area contributed by atoms with Crippen LogP contribution in [0.25, 0.3) is 0 Å². The van der Waals surface area contributed by atoms with E-state index in [1.807, 2.05) is 0 Å². The van der Waals surface area contributed by atoms with Gasteiger partial charge in [0.2, 0.25) is 5.91 Å². The summed E-state index contributed by atoms with van der Waals surface area (Å²) in [6.07, 6.45) is 0.436. The Hall–Kier alpha value is -2.96. The number of halogens is 2. The molecule has 0 unspecified atom stereocenters. The summed E-state index contributed by atoms with van der Waals surface area (Å²) in [5, 5.41) is 5.09. The molecule has 1 atom stereocenters. The van der Waals surface area contributed by atoms with Gasteiger partial charge in [-0.15, -0.1) is 0 Å². The van der Waals surface area contributed by atoms with E-state index in [0.717, 1.165) is 0 Å². The van der Waals surface area contributed by atoms with Gasteiger partial charge in [-0.1, -0.05) is 6.07 Å². The van der Waals surface area contributed by atoms with Crippen LogP contribution in [0.1, 0.15) is 12.0 Å². The molecule has 1 heterocycles. The first-order valence-electron chi connectivity index (χ1n) is 7.84. The fourth-order valence-electron chi connectivity index (χ4n) is 2.69. The predicted octanol–water partition coefficient (Wildman–Crippen LogP) is 3.20. The van der Waals surface area contributed by atoms with Crippen LogP contribution in [0.3, 0.4) is 0 Å². The van der Waals surface area contributed by atoms with E-state index in [0.29, 0.717) is 29.9 Å². The van der Waals surface area contributed by atoms with Crippen molar-refractivity contribution in [2.75, 3.05) is 16.8 Å². The van der Waals surface area contributed by atoms with Crippen LogP contribution in [-0.4, -0.2) is 24.5 Å². The molecule has 0 spiro atoms. The molecule has 1 aliphatic heterocycles. The maximum Gasteiger partial charge on any atom is 0.319 e. The van der Waals surface area contributed by atoms with Gasteiger partial charge in [0.1, 0.15) is 17.7 Å². The summed E-state index contributed by atoms with van der Waals surface area (Å²) in [5.41, 5.74) is 1.37. The molecule has 2 aromatic carbocycles. The molecule has 2 aromatic rings. The Morgan fingerprint density at radius 2 is 1.88 bits per heavy atom. The number of nitrogens with zero attached hydrogens (tertiary/aromatic N) is 1. The Bertz CT molecular complexity index is 808. The van der Waals surface area contributed by atoms with Gasteiger partial charge in [0.05, 0.1) is 0 Å². The number of rotatable bonds is 3. The van der Waals surface area contributed by atoms with Crippen LogP contribution in [0.5, 0.6) is 0 Å². The number of hydrogen-bond donors (Lipinski definition) is 2. The lowest BCUT2D eigenvalue weighted by Gasteiger charge is -2.17. The van der Waals surface area contributed by atoms with E-state index >= 15 is 0 Å². The molecule has 0 aromatic heterocycles. The van der Waals surface area contributed by atoms with E-state index in [4.69, 9.17) is 0 Å². The quantitative estimate of drug-likeness (QED) is 0.897. The van der Waals surface area contributed by atoms with Gasteiger partial charge in [-0.05, 0) is 55.3 Å². The number of urea groups is 1. The second-order valence-electron chi connectivity index (χ2n) is 5.87. The van der Waals surface area contributed by atoms with Gasteiger partial charge in [-0.3, -0.25) is 4.79 Å². The Morgan fingerprint density at radius 1 is 1.16 bits per heavy atom. The van der Waals surface area contributed by atoms with Gasteiger partial charge in [-0.2, -0.15) is 0 Å². The van der Waals surface area contributed by atoms with E-state index in [-0.39, 0.29) is 11.7 Å². The van der Waals surface area contributed by atoms with Gasteiger partial charge in [0.15, 0.2) is 0 Å². The summed E-state index contributed by atoms with van der Waals surface area (Å²) < 4.78 is 26.5. The molecular formula is C18H17F2N3O2. The monoisotopic (exact) mass is 345 g/mol. The number of aryl methyl sites for hydroxylation is 1. The van der Waals surface area contributed by atoms with E-state index in [1.54, 1.807) is 19.1 Å². The Kier molecular flexibility index (Phi) is 4.65. The molecule has 1 aliphatic rings. The summed E-state index contributed by atoms with van der Waals surface area (Å²) >= 11 is 0. The number of nitrogens with one attached hydrogen (secondary N) is 2. The number of amides is 3. The van der Waals surface area contributed by atoms with Crippen molar-refractivity contribution in [2.24, 2.45) is 0 Å². The van der Waals surface area contributed by atoms with Crippen molar-refractivity contribution in [1.82, 2.24) is 5.32 Å². The minimum Gasteiger partial charge on any atom is -0.326 e. The van der Waals surface area contributed by atoms with Crippen LogP contribution in [0.4, 0.5) is 25.0 Å². The third-order valence-corrected chi connectivity index (χ3v) is 4.08. The molecule has 1 fully saturated rings. The van der Waals surface area contributed by atoms with Crippen molar-refractivity contribution in [1.29, 1.82) is 0 Å². The zero-order valence-corrected chi connectivity index (χ0v) is 13.6. The molecule has 3 amide bonds. The van der Waals surface area contributed by atoms with Crippen molar-refractivity contribution in [2.45, 2.75) is 19.4 Å². The molecule has 3 rings (SSSR count). The van der Waals surface area contributed by atoms with Gasteiger partial charge >= 0.3 is 6.03 Å². The minimum absolute atomic E-state index is 0.267. The summed E-state index contributed by atoms with van der Waals surface area (Å²) in [5.74, 6) is -1.07. The molecular weight excluding hydrogens is 328 g/mol. The van der Waals surface area contributed by atoms with Crippen LogP contribution >= 0.6 is 0 Å². The second kappa shape index (κ2) is 6.88. The summed E-state index contributed by atoms with van der Waals surface area (Å²) in [6, 6.07) is 8.69. The molecule has 130 valence electrons. The summed E-state index contributed by atoms with van der Waals surface area (Å²) in [4.78, 5) is 25.9. The van der Waals surface area contributed by atoms with Crippen molar-refractivity contribution in [3.05, 3.63) is 59.7 Å². The smallest absolute Gasteiger partial charge is 0.319 e. The lowest BCUT2D eigenvalue weighted by Crippen LogP contribution is -2.43. The zero-order valence-electron chi connectivity index (χ0n) is 13.6. The van der Waals surface area contributed by atoms with Crippen molar-refractivity contribution < 1.29 is 18.4 Å². The van der Waals surface area contributed by atoms with Crippen LogP contribution < -0.4 is 15.5 Å². The Balaban J connectivity index is 1.61. The number of hydrogen-bond acceptors (Lipinski definition) is 2. The molecule has 25 heavy (non-hydrogen) atoms. The largest absolute Gasteiger partial charge is 0.326 e. The van der Waals surface area contributed by atoms with Gasteiger partial charge in [0, 0.05) is 17.9 Å². The van der Waals surface area contributed by atoms with Gasteiger partial charge in [0.25, 0.3) is 0 Å². The third kappa shape index (κ3) is 3.76. The normalized spacial score (nSPS) is 16.8. The molecule has 0 aliphatic carbocycles. The highest BCUT2D eigenvalue weighted by Crippen LogP contribution is 2.22. The highest BCUT2D eigenvalue weighted by molar-refractivity contribution is 6.02. The second-order valence-corrected chi connectivity index (χ2v) is 5.87. The minimum atomic E-state index is -0.680. The number of anilines is 2. The van der Waals surface area contributed by atoms with Crippen LogP contribution in [0.2, 0.25) is 0 Å². The standard InChI is InChI=1S/C18H17F2N3O2/c1-11-2-5-13(10-15(11)20)21-18(25)22-16-8-9-23(17(16)24)14-6-3-12(19)4-7-14/h2-7,10,16H,8-9H2,1H3,(H2,21,22,25)/t16-/m1/s1. The van der Waals surface area contributed by atoms with Crippen LogP contribution in [0, 0.1) is 18.6 Å². The molecule has 0 saturated carbocycles. The number of carbonyl (C=O) groups is 2. The lowest BCUT2D eigenvalue weighted by molar-refractivity contribution is -0.118. The number of carbonyl (C=O) groups excluding carboxylic acids is 2. The highest BCUT2D eigenvalue weighted by atomic mass is 19.1. The van der Waals surface area contributed by atoms with Crippen molar-refractivity contribution >= 4 is 23.3 Å². The van der Waals surface area contributed by atoms with Crippen molar-refractivity contribution in [3.8, 4) is 0 Å². The first-order valence-corrected chi connectivity index (χ1v) is 7.84. The average Bonchev–Trinajstić information content (AvgIpc) is 2.93. The Labute approximate surface area is 143 Å². The first-order chi connectivity index (χ1) is 11.9. The van der Waals surface area contributed by atoms with E-state index in [2.05, 4.69) is 10.6 Å². The van der Waals surface area contributed by atoms with E-state index in [1.165, 1.54) is 35.2 Å². The van der Waals surface area contributed by atoms with Crippen LogP contribution in [0.15, 0.2) is 42.5 Å². The maximum atomic E-state index is 13.5. The fraction of sp³-hybridized carbons (Fsp3) is 0.222. The van der Waals surface area contributed by atoms with E-state index in [9.17, 15) is 18.4 Å². The van der Waals surface area contributed by atoms with Crippen molar-refractivity contribution in [3.63, 3.8) is 0 Å². The summed E-state index contributed by atoms with van der Waals surface area (Å²) in [6.45, 7) is 2.05. The summed E-state index contributed by atoms with van der Waals surface area (Å²) in [7, 11) is 0. The third-order valence-electron chi connectivity index (χ3n) is 4.08. The SMILES string of the molecule is Cc1ccc(NC(=O)N[C@@H]2CCN(c3ccc(F)cc3)C2=O)cc1F. The molecule has 7 heteroatoms. The molecule has 0 radical (unpaired) electrons. The average molecular weight is 345 g/mol. The van der Waals surface area contributed by atoms with Gasteiger partial charge < -0.3 is 15.5 Å². The van der Waals surface area contributed by atoms with Crippen LogP contribution in [-0.2, 0) is 4.79 Å². The molecule has 1 saturated heterocycles. The van der Waals surface area contributed by atoms with E-state index < -0.39 is 17.9 Å². The topological polar surface area (TPSA) is 61.4 Å².